The summed E-state index contributed by atoms with van der Waals surface area (Å²) >= 11 is 0. The predicted octanol–water partition coefficient (Wildman–Crippen LogP) is 2.15. The molecule has 3 aromatic rings. The Hall–Kier alpha value is -3.76. The number of morpholine rings is 1. The van der Waals surface area contributed by atoms with Gasteiger partial charge in [0, 0.05) is 43.6 Å². The predicted molar refractivity (Wildman–Crippen MR) is 135 cm³/mol. The topological polar surface area (TPSA) is 124 Å². The van der Waals surface area contributed by atoms with Crippen LogP contribution < -0.4 is 15.4 Å². The first-order valence-electron chi connectivity index (χ1n) is 11.7. The number of ether oxygens (including phenoxy) is 2. The number of aryl methyl sites for hydroxylation is 1. The van der Waals surface area contributed by atoms with Gasteiger partial charge < -0.3 is 25.2 Å². The van der Waals surface area contributed by atoms with Crippen molar-refractivity contribution in [2.45, 2.75) is 13.3 Å². The fourth-order valence-corrected chi connectivity index (χ4v) is 3.64. The van der Waals surface area contributed by atoms with Crippen LogP contribution in [0.3, 0.4) is 0 Å². The molecule has 3 heterocycles. The van der Waals surface area contributed by atoms with E-state index in [2.05, 4.69) is 38.9 Å². The van der Waals surface area contributed by atoms with Crippen LogP contribution in [0.5, 0.6) is 6.01 Å². The van der Waals surface area contributed by atoms with Gasteiger partial charge in [-0.25, -0.2) is 4.68 Å². The fraction of sp³-hybridized carbons (Fsp3) is 0.360. The minimum Gasteiger partial charge on any atom is -0.463 e. The number of rotatable bonds is 10. The zero-order valence-electron chi connectivity index (χ0n) is 19.9. The summed E-state index contributed by atoms with van der Waals surface area (Å²) in [6.07, 6.45) is 5.55. The van der Waals surface area contributed by atoms with E-state index in [9.17, 15) is 0 Å². The van der Waals surface area contributed by atoms with Gasteiger partial charge in [-0.05, 0) is 30.8 Å². The smallest absolute Gasteiger partial charge is 0.320 e. The van der Waals surface area contributed by atoms with Crippen molar-refractivity contribution in [1.29, 1.82) is 0 Å². The number of aliphatic hydroxyl groups is 1. The Balaban J connectivity index is 1.56. The van der Waals surface area contributed by atoms with E-state index >= 15 is 0 Å². The first kappa shape index (κ1) is 24.4. The van der Waals surface area contributed by atoms with Crippen molar-refractivity contribution in [3.63, 3.8) is 0 Å². The van der Waals surface area contributed by atoms with Crippen molar-refractivity contribution in [2.24, 2.45) is 10.7 Å². The maximum absolute atomic E-state index is 8.88. The lowest BCUT2D eigenvalue weighted by Crippen LogP contribution is -2.37. The van der Waals surface area contributed by atoms with Crippen LogP contribution in [-0.2, 0) is 4.74 Å². The SMILES string of the molecule is Cc1cccc(-c2ccn(-c3cc(N4CCOCC4)nc(OCC/C(C=NCCO)=C/N)n3)n2)c1. The lowest BCUT2D eigenvalue weighted by molar-refractivity contribution is 0.122. The van der Waals surface area contributed by atoms with Crippen LogP contribution in [0, 0.1) is 6.92 Å². The molecule has 1 aliphatic rings. The molecule has 2 aromatic heterocycles. The second kappa shape index (κ2) is 12.1. The zero-order chi connectivity index (χ0) is 24.5. The summed E-state index contributed by atoms with van der Waals surface area (Å²) in [6, 6.07) is 12.4. The van der Waals surface area contributed by atoms with Crippen molar-refractivity contribution in [3.05, 3.63) is 59.9 Å². The molecule has 3 N–H and O–H groups in total. The molecule has 0 unspecified atom stereocenters. The molecule has 4 rings (SSSR count). The van der Waals surface area contributed by atoms with Crippen molar-refractivity contribution in [3.8, 4) is 23.1 Å². The third kappa shape index (κ3) is 6.65. The molecule has 1 fully saturated rings. The van der Waals surface area contributed by atoms with E-state index in [0.29, 0.717) is 38.6 Å². The average Bonchev–Trinajstić information content (AvgIpc) is 3.39. The summed E-state index contributed by atoms with van der Waals surface area (Å²) in [5.41, 5.74) is 9.58. The van der Waals surface area contributed by atoms with Crippen molar-refractivity contribution in [2.75, 3.05) is 51.0 Å². The van der Waals surface area contributed by atoms with Gasteiger partial charge in [-0.15, -0.1) is 0 Å². The number of aliphatic hydroxyl groups excluding tert-OH is 1. The monoisotopic (exact) mass is 477 g/mol. The molecule has 0 aliphatic carbocycles. The van der Waals surface area contributed by atoms with Crippen LogP contribution in [0.1, 0.15) is 12.0 Å². The van der Waals surface area contributed by atoms with E-state index < -0.39 is 0 Å². The first-order chi connectivity index (χ1) is 17.2. The maximum atomic E-state index is 8.88. The summed E-state index contributed by atoms with van der Waals surface area (Å²) < 4.78 is 13.1. The van der Waals surface area contributed by atoms with E-state index in [4.69, 9.17) is 25.4 Å². The van der Waals surface area contributed by atoms with Crippen LogP contribution in [-0.4, -0.2) is 77.1 Å². The second-order valence-corrected chi connectivity index (χ2v) is 8.08. The fourth-order valence-electron chi connectivity index (χ4n) is 3.64. The van der Waals surface area contributed by atoms with Gasteiger partial charge in [0.05, 0.1) is 38.7 Å². The lowest BCUT2D eigenvalue weighted by atomic mass is 10.1. The molecule has 0 radical (unpaired) electrons. The molecule has 0 bridgehead atoms. The van der Waals surface area contributed by atoms with E-state index in [1.807, 2.05) is 30.5 Å². The summed E-state index contributed by atoms with van der Waals surface area (Å²) in [5, 5.41) is 13.6. The molecular formula is C25H31N7O3. The molecule has 0 amide bonds. The Morgan fingerprint density at radius 1 is 1.20 bits per heavy atom. The zero-order valence-corrected chi connectivity index (χ0v) is 19.9. The van der Waals surface area contributed by atoms with Gasteiger partial charge in [0.15, 0.2) is 5.82 Å². The number of aliphatic imine (C=N–C) groups is 1. The van der Waals surface area contributed by atoms with Crippen LogP contribution >= 0.6 is 0 Å². The molecule has 10 heteroatoms. The largest absolute Gasteiger partial charge is 0.463 e. The molecule has 1 saturated heterocycles. The number of hydrogen-bond donors (Lipinski definition) is 2. The molecular weight excluding hydrogens is 446 g/mol. The Bertz CT molecular complexity index is 1170. The van der Waals surface area contributed by atoms with Gasteiger partial charge in [-0.1, -0.05) is 23.8 Å². The molecule has 1 aliphatic heterocycles. The van der Waals surface area contributed by atoms with Crippen molar-refractivity contribution < 1.29 is 14.6 Å². The summed E-state index contributed by atoms with van der Waals surface area (Å²) in [5.74, 6) is 1.38. The molecule has 10 nitrogen and oxygen atoms in total. The molecule has 184 valence electrons. The highest BCUT2D eigenvalue weighted by atomic mass is 16.5. The molecule has 0 saturated carbocycles. The number of hydrogen-bond acceptors (Lipinski definition) is 9. The van der Waals surface area contributed by atoms with E-state index in [1.54, 1.807) is 10.9 Å². The normalized spacial score (nSPS) is 14.6. The van der Waals surface area contributed by atoms with Gasteiger partial charge in [-0.2, -0.15) is 15.1 Å². The quantitative estimate of drug-likeness (QED) is 0.426. The Labute approximate surface area is 204 Å². The van der Waals surface area contributed by atoms with Crippen LogP contribution in [0.25, 0.3) is 17.1 Å². The Morgan fingerprint density at radius 3 is 2.80 bits per heavy atom. The second-order valence-electron chi connectivity index (χ2n) is 8.08. The highest BCUT2D eigenvalue weighted by molar-refractivity contribution is 5.78. The van der Waals surface area contributed by atoms with E-state index in [-0.39, 0.29) is 12.6 Å². The number of nitrogens with zero attached hydrogens (tertiary/aromatic N) is 6. The maximum Gasteiger partial charge on any atom is 0.320 e. The van der Waals surface area contributed by atoms with E-state index in [1.165, 1.54) is 11.8 Å². The van der Waals surface area contributed by atoms with Crippen LogP contribution in [0.4, 0.5) is 5.82 Å². The van der Waals surface area contributed by atoms with Gasteiger partial charge in [0.2, 0.25) is 0 Å². The Morgan fingerprint density at radius 2 is 2.03 bits per heavy atom. The van der Waals surface area contributed by atoms with Crippen molar-refractivity contribution in [1.82, 2.24) is 19.7 Å². The minimum atomic E-state index is -0.00514. The number of nitrogens with two attached hydrogens (primary N) is 1. The summed E-state index contributed by atoms with van der Waals surface area (Å²) in [7, 11) is 0. The first-order valence-corrected chi connectivity index (χ1v) is 11.7. The number of anilines is 1. The third-order valence-electron chi connectivity index (χ3n) is 5.47. The van der Waals surface area contributed by atoms with Crippen molar-refractivity contribution >= 4 is 12.0 Å². The lowest BCUT2D eigenvalue weighted by Gasteiger charge is -2.28. The van der Waals surface area contributed by atoms with E-state index in [0.717, 1.165) is 35.7 Å². The standard InChI is InChI=1S/C25H31N7O3/c1-19-3-2-4-21(15-19)22-5-8-32(30-22)24-16-23(31-9-13-34-14-10-31)28-25(29-24)35-12-6-20(17-26)18-27-7-11-33/h2-5,8,15-18,33H,6-7,9-14,26H2,1H3/b20-17-,27-18?. The number of aromatic nitrogens is 4. The highest BCUT2D eigenvalue weighted by Gasteiger charge is 2.17. The minimum absolute atomic E-state index is 0.00514. The van der Waals surface area contributed by atoms with Gasteiger partial charge in [-0.3, -0.25) is 4.99 Å². The van der Waals surface area contributed by atoms with Gasteiger partial charge in [0.1, 0.15) is 5.82 Å². The van der Waals surface area contributed by atoms with Crippen LogP contribution in [0.2, 0.25) is 0 Å². The van der Waals surface area contributed by atoms with Gasteiger partial charge in [0.25, 0.3) is 0 Å². The average molecular weight is 478 g/mol. The molecule has 0 spiro atoms. The summed E-state index contributed by atoms with van der Waals surface area (Å²) in [6.45, 7) is 5.49. The Kier molecular flexibility index (Phi) is 8.42. The number of benzene rings is 1. The van der Waals surface area contributed by atoms with Gasteiger partial charge >= 0.3 is 6.01 Å². The molecule has 1 aromatic carbocycles. The highest BCUT2D eigenvalue weighted by Crippen LogP contribution is 2.23. The van der Waals surface area contributed by atoms with Crippen LogP contribution in [0.15, 0.2) is 59.4 Å². The molecule has 35 heavy (non-hydrogen) atoms. The third-order valence-corrected chi connectivity index (χ3v) is 5.47. The summed E-state index contributed by atoms with van der Waals surface area (Å²) in [4.78, 5) is 15.5. The molecule has 0 atom stereocenters.